The van der Waals surface area contributed by atoms with Gasteiger partial charge in [0.05, 0.1) is 50.3 Å². The average molecular weight is 526 g/mol. The van der Waals surface area contributed by atoms with Crippen LogP contribution in [0.4, 0.5) is 18.9 Å². The third kappa shape index (κ3) is 5.47. The number of halogens is 3. The Morgan fingerprint density at radius 1 is 1.05 bits per heavy atom. The number of benzene rings is 2. The van der Waals surface area contributed by atoms with Crippen molar-refractivity contribution in [2.75, 3.05) is 32.9 Å². The van der Waals surface area contributed by atoms with Crippen LogP contribution in [0.3, 0.4) is 0 Å². The summed E-state index contributed by atoms with van der Waals surface area (Å²) in [5.74, 6) is -0.614. The van der Waals surface area contributed by atoms with E-state index in [9.17, 15) is 22.8 Å². The first-order chi connectivity index (χ1) is 18.0. The van der Waals surface area contributed by atoms with Crippen molar-refractivity contribution in [2.24, 2.45) is 0 Å². The number of alkyl halides is 3. The molecule has 1 amide bonds. The minimum absolute atomic E-state index is 0.00508. The molecule has 0 aliphatic carbocycles. The topological polar surface area (TPSA) is 99.4 Å². The number of pyridine rings is 1. The van der Waals surface area contributed by atoms with E-state index >= 15 is 0 Å². The van der Waals surface area contributed by atoms with Gasteiger partial charge in [-0.15, -0.1) is 0 Å². The van der Waals surface area contributed by atoms with Gasteiger partial charge in [-0.05, 0) is 61.5 Å². The van der Waals surface area contributed by atoms with Crippen LogP contribution in [-0.4, -0.2) is 47.4 Å². The highest BCUT2D eigenvalue weighted by molar-refractivity contribution is 5.95. The van der Waals surface area contributed by atoms with Gasteiger partial charge in [0.2, 0.25) is 0 Å². The minimum atomic E-state index is -4.60. The van der Waals surface area contributed by atoms with E-state index in [4.69, 9.17) is 5.73 Å². The number of quaternary nitrogens is 1. The Labute approximate surface area is 217 Å². The monoisotopic (exact) mass is 525 g/mol. The van der Waals surface area contributed by atoms with Crippen molar-refractivity contribution < 1.29 is 22.9 Å². The fourth-order valence-electron chi connectivity index (χ4n) is 4.11. The van der Waals surface area contributed by atoms with Gasteiger partial charge in [0.15, 0.2) is 0 Å². The number of hydrogen-bond acceptors (Lipinski definition) is 4. The number of likely N-dealkylation sites (N-methyl/N-ethyl adjacent to an activating group) is 1. The standard InChI is InChI=1S/C27H27F3N6O2/c1-17-22(24-11-12-33-36(24)20-9-7-19(31)8-10-20)16-23(25(37)32-13-14-34(2)3)26(38)35(17)21-6-4-5-18(15-21)27(28,29)30/h4-12,15-16H,13-14,31H2,1-3H3,(H,32,37)/p+1. The van der Waals surface area contributed by atoms with Crippen LogP contribution in [0, 0.1) is 6.92 Å². The van der Waals surface area contributed by atoms with Crippen molar-refractivity contribution in [3.05, 3.63) is 94.0 Å². The van der Waals surface area contributed by atoms with E-state index < -0.39 is 23.2 Å². The van der Waals surface area contributed by atoms with Crippen LogP contribution in [0.15, 0.2) is 71.7 Å². The molecule has 0 fully saturated rings. The van der Waals surface area contributed by atoms with Gasteiger partial charge in [-0.3, -0.25) is 14.2 Å². The number of carbonyl (C=O) groups is 1. The van der Waals surface area contributed by atoms with E-state index in [1.54, 1.807) is 48.1 Å². The van der Waals surface area contributed by atoms with Crippen LogP contribution in [0.25, 0.3) is 22.6 Å². The summed E-state index contributed by atoms with van der Waals surface area (Å²) in [5.41, 5.74) is 6.58. The summed E-state index contributed by atoms with van der Waals surface area (Å²) >= 11 is 0. The molecule has 11 heteroatoms. The van der Waals surface area contributed by atoms with Crippen molar-refractivity contribution in [3.63, 3.8) is 0 Å². The smallest absolute Gasteiger partial charge is 0.399 e. The lowest BCUT2D eigenvalue weighted by atomic mass is 10.0. The second-order valence-electron chi connectivity index (χ2n) is 9.18. The molecule has 0 saturated heterocycles. The maximum absolute atomic E-state index is 13.6. The summed E-state index contributed by atoms with van der Waals surface area (Å²) in [6, 6.07) is 14.6. The molecule has 8 nitrogen and oxygen atoms in total. The molecule has 4 aromatic rings. The highest BCUT2D eigenvalue weighted by Gasteiger charge is 2.31. The Balaban J connectivity index is 1.93. The molecule has 198 valence electrons. The lowest BCUT2D eigenvalue weighted by Gasteiger charge is -2.19. The fourth-order valence-corrected chi connectivity index (χ4v) is 4.11. The number of hydrogen-bond donors (Lipinski definition) is 3. The van der Waals surface area contributed by atoms with Crippen LogP contribution in [-0.2, 0) is 6.18 Å². The first-order valence-electron chi connectivity index (χ1n) is 11.9. The van der Waals surface area contributed by atoms with Crippen molar-refractivity contribution in [3.8, 4) is 22.6 Å². The lowest BCUT2D eigenvalue weighted by molar-refractivity contribution is -0.856. The Bertz CT molecular complexity index is 1520. The first-order valence-corrected chi connectivity index (χ1v) is 11.9. The number of rotatable bonds is 7. The molecule has 0 unspecified atom stereocenters. The number of anilines is 1. The quantitative estimate of drug-likeness (QED) is 0.323. The Morgan fingerprint density at radius 2 is 1.76 bits per heavy atom. The predicted octanol–water partition coefficient (Wildman–Crippen LogP) is 2.47. The molecule has 0 radical (unpaired) electrons. The molecule has 2 aromatic carbocycles. The first kappa shape index (κ1) is 26.7. The molecule has 0 aliphatic heterocycles. The number of nitrogens with two attached hydrogens (primary N) is 1. The summed E-state index contributed by atoms with van der Waals surface area (Å²) in [4.78, 5) is 27.8. The highest BCUT2D eigenvalue weighted by atomic mass is 19.4. The van der Waals surface area contributed by atoms with Gasteiger partial charge in [-0.2, -0.15) is 18.3 Å². The predicted molar refractivity (Wildman–Crippen MR) is 139 cm³/mol. The van der Waals surface area contributed by atoms with Crippen LogP contribution >= 0.6 is 0 Å². The number of nitrogens with zero attached hydrogens (tertiary/aromatic N) is 3. The van der Waals surface area contributed by atoms with Gasteiger partial charge in [0, 0.05) is 22.6 Å². The van der Waals surface area contributed by atoms with Crippen molar-refractivity contribution in [2.45, 2.75) is 13.1 Å². The number of aromatic nitrogens is 3. The molecule has 0 saturated carbocycles. The zero-order chi connectivity index (χ0) is 27.6. The average Bonchev–Trinajstić information content (AvgIpc) is 3.33. The van der Waals surface area contributed by atoms with Crippen LogP contribution < -0.4 is 21.5 Å². The fraction of sp³-hybridized carbons (Fsp3) is 0.222. The van der Waals surface area contributed by atoms with Crippen molar-refractivity contribution in [1.82, 2.24) is 19.7 Å². The van der Waals surface area contributed by atoms with Crippen LogP contribution in [0.5, 0.6) is 0 Å². The third-order valence-corrected chi connectivity index (χ3v) is 6.09. The highest BCUT2D eigenvalue weighted by Crippen LogP contribution is 2.32. The van der Waals surface area contributed by atoms with E-state index in [2.05, 4.69) is 10.4 Å². The summed E-state index contributed by atoms with van der Waals surface area (Å²) < 4.78 is 43.2. The second-order valence-corrected chi connectivity index (χ2v) is 9.18. The molecule has 0 bridgehead atoms. The number of amides is 1. The van der Waals surface area contributed by atoms with Crippen LogP contribution in [0.2, 0.25) is 0 Å². The summed E-state index contributed by atoms with van der Waals surface area (Å²) in [6.07, 6.45) is -3.04. The van der Waals surface area contributed by atoms with E-state index in [1.165, 1.54) is 18.2 Å². The molecular formula is C27H28F3N6O2+. The zero-order valence-electron chi connectivity index (χ0n) is 21.1. The summed E-state index contributed by atoms with van der Waals surface area (Å²) in [7, 11) is 3.85. The third-order valence-electron chi connectivity index (χ3n) is 6.09. The number of nitrogens with one attached hydrogen (secondary N) is 2. The molecule has 0 atom stereocenters. The van der Waals surface area contributed by atoms with Gasteiger partial charge >= 0.3 is 6.18 Å². The number of nitrogen functional groups attached to an aromatic ring is 1. The van der Waals surface area contributed by atoms with E-state index in [1.807, 2.05) is 14.1 Å². The van der Waals surface area contributed by atoms with E-state index in [-0.39, 0.29) is 11.3 Å². The SMILES string of the molecule is Cc1c(-c2ccnn2-c2ccc(N)cc2)cc(C(=O)NCC[NH+](C)C)c(=O)n1-c1cccc(C(F)(F)F)c1. The second kappa shape index (κ2) is 10.5. The molecule has 4 rings (SSSR count). The van der Waals surface area contributed by atoms with Crippen molar-refractivity contribution in [1.29, 1.82) is 0 Å². The molecule has 2 heterocycles. The maximum Gasteiger partial charge on any atom is 0.416 e. The van der Waals surface area contributed by atoms with Gasteiger partial charge in [0.25, 0.3) is 11.5 Å². The van der Waals surface area contributed by atoms with Gasteiger partial charge in [-0.1, -0.05) is 6.07 Å². The Morgan fingerprint density at radius 3 is 2.42 bits per heavy atom. The van der Waals surface area contributed by atoms with Gasteiger partial charge in [-0.25, -0.2) is 4.68 Å². The molecule has 38 heavy (non-hydrogen) atoms. The van der Waals surface area contributed by atoms with Crippen LogP contribution in [0.1, 0.15) is 21.6 Å². The maximum atomic E-state index is 13.6. The Kier molecular flexibility index (Phi) is 7.40. The zero-order valence-corrected chi connectivity index (χ0v) is 21.1. The lowest BCUT2D eigenvalue weighted by Crippen LogP contribution is -3.06. The molecular weight excluding hydrogens is 497 g/mol. The van der Waals surface area contributed by atoms with Gasteiger partial charge < -0.3 is 16.0 Å². The summed E-state index contributed by atoms with van der Waals surface area (Å²) in [6.45, 7) is 2.56. The molecule has 2 aromatic heterocycles. The van der Waals surface area contributed by atoms with Gasteiger partial charge in [0.1, 0.15) is 5.56 Å². The number of carbonyl (C=O) groups excluding carboxylic acids is 1. The molecule has 0 spiro atoms. The molecule has 4 N–H and O–H groups in total. The summed E-state index contributed by atoms with van der Waals surface area (Å²) in [5, 5.41) is 7.13. The van der Waals surface area contributed by atoms with Crippen molar-refractivity contribution >= 4 is 11.6 Å². The normalized spacial score (nSPS) is 11.7. The largest absolute Gasteiger partial charge is 0.416 e. The molecule has 0 aliphatic rings. The van der Waals surface area contributed by atoms with E-state index in [0.29, 0.717) is 41.4 Å². The minimum Gasteiger partial charge on any atom is -0.399 e. The Hall–Kier alpha value is -4.38. The van der Waals surface area contributed by atoms with E-state index in [0.717, 1.165) is 21.6 Å².